The van der Waals surface area contributed by atoms with Crippen molar-refractivity contribution in [3.8, 4) is 5.75 Å². The third-order valence-corrected chi connectivity index (χ3v) is 4.10. The monoisotopic (exact) mass is 276 g/mol. The molecule has 1 aromatic rings. The number of carbonyl (C=O) groups is 1. The van der Waals surface area contributed by atoms with Crippen LogP contribution < -0.4 is 15.8 Å². The predicted octanol–water partition coefficient (Wildman–Crippen LogP) is 1.13. The summed E-state index contributed by atoms with van der Waals surface area (Å²) in [5.74, 6) is 0.768. The predicted molar refractivity (Wildman–Crippen MR) is 74.4 cm³/mol. The molecule has 1 unspecified atom stereocenters. The molecule has 0 aliphatic carbocycles. The van der Waals surface area contributed by atoms with Gasteiger partial charge >= 0.3 is 0 Å². The summed E-state index contributed by atoms with van der Waals surface area (Å²) < 4.78 is 10.9. The zero-order valence-corrected chi connectivity index (χ0v) is 11.4. The lowest BCUT2D eigenvalue weighted by Crippen LogP contribution is -2.57. The maximum Gasteiger partial charge on any atom is 0.240 e. The number of nitrogens with two attached hydrogens (primary N) is 1. The van der Waals surface area contributed by atoms with Gasteiger partial charge in [-0.3, -0.25) is 4.79 Å². The van der Waals surface area contributed by atoms with Gasteiger partial charge in [-0.15, -0.1) is 0 Å². The molecule has 108 valence electrons. The molecular formula is C15H20N2O3. The fourth-order valence-electron chi connectivity index (χ4n) is 2.76. The first-order chi connectivity index (χ1) is 9.69. The number of amides is 1. The third kappa shape index (κ3) is 2.51. The van der Waals surface area contributed by atoms with Gasteiger partial charge in [-0.2, -0.15) is 0 Å². The Kier molecular flexibility index (Phi) is 3.63. The fourth-order valence-corrected chi connectivity index (χ4v) is 2.76. The second-order valence-electron chi connectivity index (χ2n) is 5.47. The molecule has 0 spiro atoms. The standard InChI is InChI=1S/C15H20N2O3/c16-15(6-9-19-10-7-15)14(18)17-12-5-8-20-13-4-2-1-3-11(12)13/h1-4,12H,5-10,16H2,(H,17,18). The largest absolute Gasteiger partial charge is 0.493 e. The Morgan fingerprint density at radius 1 is 1.25 bits per heavy atom. The number of ether oxygens (including phenoxy) is 2. The number of hydrogen-bond acceptors (Lipinski definition) is 4. The molecule has 0 saturated carbocycles. The molecule has 1 atom stereocenters. The summed E-state index contributed by atoms with van der Waals surface area (Å²) >= 11 is 0. The average Bonchev–Trinajstić information content (AvgIpc) is 2.48. The Morgan fingerprint density at radius 3 is 2.80 bits per heavy atom. The minimum absolute atomic E-state index is 0.0179. The molecule has 1 amide bonds. The highest BCUT2D eigenvalue weighted by molar-refractivity contribution is 5.86. The van der Waals surface area contributed by atoms with Gasteiger partial charge in [0.1, 0.15) is 5.75 Å². The summed E-state index contributed by atoms with van der Waals surface area (Å²) in [5, 5.41) is 3.09. The van der Waals surface area contributed by atoms with E-state index < -0.39 is 5.54 Å². The molecule has 5 heteroatoms. The Morgan fingerprint density at radius 2 is 2.00 bits per heavy atom. The van der Waals surface area contributed by atoms with Crippen LogP contribution in [-0.4, -0.2) is 31.3 Å². The number of rotatable bonds is 2. The van der Waals surface area contributed by atoms with Gasteiger partial charge in [0.15, 0.2) is 0 Å². The Hall–Kier alpha value is -1.59. The second kappa shape index (κ2) is 5.42. The van der Waals surface area contributed by atoms with Gasteiger partial charge in [0, 0.05) is 25.2 Å². The molecule has 0 radical (unpaired) electrons. The molecule has 1 aromatic carbocycles. The van der Waals surface area contributed by atoms with Gasteiger partial charge in [0.25, 0.3) is 0 Å². The second-order valence-corrected chi connectivity index (χ2v) is 5.47. The molecule has 1 saturated heterocycles. The van der Waals surface area contributed by atoms with E-state index in [2.05, 4.69) is 5.32 Å². The first kappa shape index (κ1) is 13.4. The van der Waals surface area contributed by atoms with Crippen LogP contribution in [0.15, 0.2) is 24.3 Å². The maximum atomic E-state index is 12.5. The van der Waals surface area contributed by atoms with E-state index in [1.165, 1.54) is 0 Å². The van der Waals surface area contributed by atoms with Crippen LogP contribution in [-0.2, 0) is 9.53 Å². The van der Waals surface area contributed by atoms with Gasteiger partial charge in [-0.1, -0.05) is 18.2 Å². The van der Waals surface area contributed by atoms with E-state index >= 15 is 0 Å². The van der Waals surface area contributed by atoms with Gasteiger partial charge in [-0.05, 0) is 18.9 Å². The number of benzene rings is 1. The minimum atomic E-state index is -0.800. The van der Waals surface area contributed by atoms with Crippen molar-refractivity contribution < 1.29 is 14.3 Å². The van der Waals surface area contributed by atoms with E-state index in [4.69, 9.17) is 15.2 Å². The summed E-state index contributed by atoms with van der Waals surface area (Å²) in [6.45, 7) is 1.71. The summed E-state index contributed by atoms with van der Waals surface area (Å²) in [4.78, 5) is 12.5. The summed E-state index contributed by atoms with van der Waals surface area (Å²) in [6, 6.07) is 7.80. The van der Waals surface area contributed by atoms with Gasteiger partial charge in [-0.25, -0.2) is 0 Å². The highest BCUT2D eigenvalue weighted by Gasteiger charge is 2.37. The zero-order valence-electron chi connectivity index (χ0n) is 11.4. The van der Waals surface area contributed by atoms with Crippen molar-refractivity contribution in [2.75, 3.05) is 19.8 Å². The van der Waals surface area contributed by atoms with Crippen molar-refractivity contribution in [2.45, 2.75) is 30.8 Å². The lowest BCUT2D eigenvalue weighted by Gasteiger charge is -2.34. The molecule has 2 aliphatic rings. The quantitative estimate of drug-likeness (QED) is 0.849. The van der Waals surface area contributed by atoms with Gasteiger partial charge < -0.3 is 20.5 Å². The van der Waals surface area contributed by atoms with Crippen LogP contribution in [0.3, 0.4) is 0 Å². The number of para-hydroxylation sites is 1. The maximum absolute atomic E-state index is 12.5. The molecule has 3 rings (SSSR count). The molecule has 0 bridgehead atoms. The summed E-state index contributed by atoms with van der Waals surface area (Å²) in [5.41, 5.74) is 6.45. The average molecular weight is 276 g/mol. The Balaban J connectivity index is 1.74. The first-order valence-electron chi connectivity index (χ1n) is 7.08. The molecule has 2 heterocycles. The van der Waals surface area contributed by atoms with Crippen molar-refractivity contribution in [2.24, 2.45) is 5.73 Å². The highest BCUT2D eigenvalue weighted by Crippen LogP contribution is 2.32. The molecule has 2 aliphatic heterocycles. The van der Waals surface area contributed by atoms with E-state index in [1.54, 1.807) is 0 Å². The van der Waals surface area contributed by atoms with Crippen LogP contribution in [0.4, 0.5) is 0 Å². The number of nitrogens with one attached hydrogen (secondary N) is 1. The highest BCUT2D eigenvalue weighted by atomic mass is 16.5. The minimum Gasteiger partial charge on any atom is -0.493 e. The molecule has 1 fully saturated rings. The molecule has 5 nitrogen and oxygen atoms in total. The van der Waals surface area contributed by atoms with Crippen molar-refractivity contribution in [3.05, 3.63) is 29.8 Å². The molecular weight excluding hydrogens is 256 g/mol. The number of carbonyl (C=O) groups excluding carboxylic acids is 1. The van der Waals surface area contributed by atoms with E-state index in [-0.39, 0.29) is 11.9 Å². The van der Waals surface area contributed by atoms with Crippen LogP contribution >= 0.6 is 0 Å². The number of hydrogen-bond donors (Lipinski definition) is 2. The van der Waals surface area contributed by atoms with Crippen LogP contribution in [0, 0.1) is 0 Å². The zero-order chi connectivity index (χ0) is 14.0. The topological polar surface area (TPSA) is 73.6 Å². The summed E-state index contributed by atoms with van der Waals surface area (Å²) in [7, 11) is 0. The smallest absolute Gasteiger partial charge is 0.240 e. The normalized spacial score (nSPS) is 24.4. The van der Waals surface area contributed by atoms with Crippen LogP contribution in [0.1, 0.15) is 30.9 Å². The van der Waals surface area contributed by atoms with Crippen molar-refractivity contribution in [1.29, 1.82) is 0 Å². The van der Waals surface area contributed by atoms with Gasteiger partial charge in [0.05, 0.1) is 18.2 Å². The van der Waals surface area contributed by atoms with E-state index in [0.29, 0.717) is 32.7 Å². The van der Waals surface area contributed by atoms with Crippen LogP contribution in [0.5, 0.6) is 5.75 Å². The Bertz CT molecular complexity index is 498. The molecule has 20 heavy (non-hydrogen) atoms. The van der Waals surface area contributed by atoms with Crippen molar-refractivity contribution >= 4 is 5.91 Å². The third-order valence-electron chi connectivity index (χ3n) is 4.10. The van der Waals surface area contributed by atoms with Crippen LogP contribution in [0.25, 0.3) is 0 Å². The number of fused-ring (bicyclic) bond motifs is 1. The SMILES string of the molecule is NC1(C(=O)NC2CCOc3ccccc32)CCOCC1. The molecule has 3 N–H and O–H groups in total. The lowest BCUT2D eigenvalue weighted by molar-refractivity contribution is -0.130. The first-order valence-corrected chi connectivity index (χ1v) is 7.08. The van der Waals surface area contributed by atoms with E-state index in [9.17, 15) is 4.79 Å². The lowest BCUT2D eigenvalue weighted by atomic mass is 9.89. The van der Waals surface area contributed by atoms with E-state index in [1.807, 2.05) is 24.3 Å². The van der Waals surface area contributed by atoms with Gasteiger partial charge in [0.2, 0.25) is 5.91 Å². The Labute approximate surface area is 118 Å². The van der Waals surface area contributed by atoms with Crippen molar-refractivity contribution in [3.63, 3.8) is 0 Å². The van der Waals surface area contributed by atoms with E-state index in [0.717, 1.165) is 17.7 Å². The van der Waals surface area contributed by atoms with Crippen molar-refractivity contribution in [1.82, 2.24) is 5.32 Å². The fraction of sp³-hybridized carbons (Fsp3) is 0.533. The summed E-state index contributed by atoms with van der Waals surface area (Å²) in [6.07, 6.45) is 1.92. The van der Waals surface area contributed by atoms with Crippen LogP contribution in [0.2, 0.25) is 0 Å². The molecule has 0 aromatic heterocycles.